The van der Waals surface area contributed by atoms with E-state index in [0.29, 0.717) is 6.54 Å². The highest BCUT2D eigenvalue weighted by molar-refractivity contribution is 6.05. The van der Waals surface area contributed by atoms with E-state index < -0.39 is 0 Å². The van der Waals surface area contributed by atoms with Crippen LogP contribution in [0.1, 0.15) is 47.0 Å². The molecule has 1 aliphatic rings. The second-order valence-corrected chi connectivity index (χ2v) is 6.82. The molecule has 0 spiro atoms. The lowest BCUT2D eigenvalue weighted by atomic mass is 9.70. The molecule has 1 rings (SSSR count). The van der Waals surface area contributed by atoms with Gasteiger partial charge in [-0.25, -0.2) is 0 Å². The van der Waals surface area contributed by atoms with Crippen molar-refractivity contribution < 1.29 is 9.59 Å². The fourth-order valence-corrected chi connectivity index (χ4v) is 3.07. The van der Waals surface area contributed by atoms with Crippen molar-refractivity contribution in [3.8, 4) is 0 Å². The molecule has 1 saturated heterocycles. The van der Waals surface area contributed by atoms with Gasteiger partial charge in [-0.15, -0.1) is 0 Å². The maximum atomic E-state index is 12.7. The van der Waals surface area contributed by atoms with Gasteiger partial charge in [0.1, 0.15) is 0 Å². The van der Waals surface area contributed by atoms with Crippen molar-refractivity contribution in [2.45, 2.75) is 47.0 Å². The molecule has 1 heterocycles. The Morgan fingerprint density at radius 1 is 1.15 bits per heavy atom. The van der Waals surface area contributed by atoms with E-state index in [1.165, 1.54) is 4.90 Å². The Hall–Kier alpha value is -0.900. The van der Waals surface area contributed by atoms with E-state index in [1.807, 2.05) is 21.0 Å². The first kappa shape index (κ1) is 17.2. The van der Waals surface area contributed by atoms with Gasteiger partial charge < -0.3 is 4.90 Å². The molecule has 4 nitrogen and oxygen atoms in total. The predicted octanol–water partition coefficient (Wildman–Crippen LogP) is 2.39. The van der Waals surface area contributed by atoms with Crippen LogP contribution in [0.15, 0.2) is 0 Å². The van der Waals surface area contributed by atoms with Crippen LogP contribution in [0.2, 0.25) is 0 Å². The molecule has 0 aromatic heterocycles. The van der Waals surface area contributed by atoms with Gasteiger partial charge in [0.2, 0.25) is 11.8 Å². The van der Waals surface area contributed by atoms with Gasteiger partial charge in [0.05, 0.1) is 11.8 Å². The molecule has 1 fully saturated rings. The molecule has 0 aromatic rings. The summed E-state index contributed by atoms with van der Waals surface area (Å²) in [7, 11) is 4.01. The first-order chi connectivity index (χ1) is 9.26. The second kappa shape index (κ2) is 6.70. The topological polar surface area (TPSA) is 40.6 Å². The van der Waals surface area contributed by atoms with Crippen molar-refractivity contribution in [3.05, 3.63) is 0 Å². The zero-order chi connectivity index (χ0) is 15.5. The molecule has 20 heavy (non-hydrogen) atoms. The number of nitrogens with zero attached hydrogens (tertiary/aromatic N) is 2. The number of hydrogen-bond acceptors (Lipinski definition) is 3. The van der Waals surface area contributed by atoms with Gasteiger partial charge in [0, 0.05) is 6.54 Å². The van der Waals surface area contributed by atoms with E-state index in [1.54, 1.807) is 0 Å². The van der Waals surface area contributed by atoms with E-state index in [4.69, 9.17) is 0 Å². The standard InChI is InChI=1S/C16H30N2O2/c1-7-12-13(16(3,4)8-2)15(20)18(14(12)19)11-9-10-17(5)6/h12-13H,7-11H2,1-6H3. The minimum absolute atomic E-state index is 0.0442. The van der Waals surface area contributed by atoms with E-state index in [-0.39, 0.29) is 29.1 Å². The Kier molecular flexibility index (Phi) is 5.75. The smallest absolute Gasteiger partial charge is 0.233 e. The minimum atomic E-state index is -0.149. The highest BCUT2D eigenvalue weighted by atomic mass is 16.2. The van der Waals surface area contributed by atoms with Crippen LogP contribution in [0.4, 0.5) is 0 Å². The number of rotatable bonds is 7. The third kappa shape index (κ3) is 3.40. The summed E-state index contributed by atoms with van der Waals surface area (Å²) < 4.78 is 0. The van der Waals surface area contributed by atoms with Crippen LogP contribution >= 0.6 is 0 Å². The van der Waals surface area contributed by atoms with Gasteiger partial charge in [-0.05, 0) is 38.9 Å². The van der Waals surface area contributed by atoms with Gasteiger partial charge in [-0.2, -0.15) is 0 Å². The third-order valence-electron chi connectivity index (χ3n) is 4.70. The maximum Gasteiger partial charge on any atom is 0.233 e. The quantitative estimate of drug-likeness (QED) is 0.673. The van der Waals surface area contributed by atoms with Gasteiger partial charge in [-0.3, -0.25) is 14.5 Å². The molecule has 0 saturated carbocycles. The van der Waals surface area contributed by atoms with Crippen LogP contribution in [0.25, 0.3) is 0 Å². The van der Waals surface area contributed by atoms with Crippen molar-refractivity contribution in [2.75, 3.05) is 27.2 Å². The largest absolute Gasteiger partial charge is 0.309 e. The summed E-state index contributed by atoms with van der Waals surface area (Å²) in [5.74, 6) is -0.184. The Balaban J connectivity index is 2.85. The average Bonchev–Trinajstić information content (AvgIpc) is 2.62. The molecule has 1 aliphatic heterocycles. The number of carbonyl (C=O) groups excluding carboxylic acids is 2. The molecule has 0 N–H and O–H groups in total. The lowest BCUT2D eigenvalue weighted by Crippen LogP contribution is -2.36. The first-order valence-electron chi connectivity index (χ1n) is 7.76. The fourth-order valence-electron chi connectivity index (χ4n) is 3.07. The summed E-state index contributed by atoms with van der Waals surface area (Å²) in [6.45, 7) is 9.78. The van der Waals surface area contributed by atoms with Crippen molar-refractivity contribution in [3.63, 3.8) is 0 Å². The predicted molar refractivity (Wildman–Crippen MR) is 81.2 cm³/mol. The van der Waals surface area contributed by atoms with E-state index >= 15 is 0 Å². The highest BCUT2D eigenvalue weighted by Gasteiger charge is 2.51. The fraction of sp³-hybridized carbons (Fsp3) is 0.875. The Morgan fingerprint density at radius 2 is 1.75 bits per heavy atom. The number of carbonyl (C=O) groups is 2. The highest BCUT2D eigenvalue weighted by Crippen LogP contribution is 2.43. The Labute approximate surface area is 123 Å². The normalized spacial score (nSPS) is 24.1. The lowest BCUT2D eigenvalue weighted by Gasteiger charge is -2.31. The average molecular weight is 282 g/mol. The molecule has 2 amide bonds. The van der Waals surface area contributed by atoms with Crippen LogP contribution in [-0.2, 0) is 9.59 Å². The van der Waals surface area contributed by atoms with E-state index in [9.17, 15) is 9.59 Å². The Morgan fingerprint density at radius 3 is 2.20 bits per heavy atom. The van der Waals surface area contributed by atoms with Gasteiger partial charge in [0.15, 0.2) is 0 Å². The molecule has 4 heteroatoms. The van der Waals surface area contributed by atoms with Gasteiger partial charge in [-0.1, -0.05) is 34.1 Å². The van der Waals surface area contributed by atoms with Gasteiger partial charge >= 0.3 is 0 Å². The molecule has 0 bridgehead atoms. The summed E-state index contributed by atoms with van der Waals surface area (Å²) in [5.41, 5.74) is -0.107. The molecule has 116 valence electrons. The van der Waals surface area contributed by atoms with Gasteiger partial charge in [0.25, 0.3) is 0 Å². The van der Waals surface area contributed by atoms with Crippen LogP contribution in [0.5, 0.6) is 0 Å². The van der Waals surface area contributed by atoms with Crippen LogP contribution < -0.4 is 0 Å². The molecule has 2 atom stereocenters. The number of imide groups is 1. The van der Waals surface area contributed by atoms with Crippen LogP contribution in [-0.4, -0.2) is 48.8 Å². The molecular formula is C16H30N2O2. The summed E-state index contributed by atoms with van der Waals surface area (Å²) in [6, 6.07) is 0. The monoisotopic (exact) mass is 282 g/mol. The minimum Gasteiger partial charge on any atom is -0.309 e. The van der Waals surface area contributed by atoms with Crippen molar-refractivity contribution in [1.29, 1.82) is 0 Å². The number of amides is 2. The molecule has 0 radical (unpaired) electrons. The third-order valence-corrected chi connectivity index (χ3v) is 4.70. The van der Waals surface area contributed by atoms with Crippen LogP contribution in [0, 0.1) is 17.3 Å². The molecular weight excluding hydrogens is 252 g/mol. The Bertz CT molecular complexity index is 363. The summed E-state index contributed by atoms with van der Waals surface area (Å²) in [6.07, 6.45) is 2.52. The van der Waals surface area contributed by atoms with E-state index in [2.05, 4.69) is 25.7 Å². The molecule has 0 aliphatic carbocycles. The number of hydrogen-bond donors (Lipinski definition) is 0. The first-order valence-corrected chi connectivity index (χ1v) is 7.76. The lowest BCUT2D eigenvalue weighted by molar-refractivity contribution is -0.140. The second-order valence-electron chi connectivity index (χ2n) is 6.82. The summed E-state index contributed by atoms with van der Waals surface area (Å²) >= 11 is 0. The van der Waals surface area contributed by atoms with Crippen molar-refractivity contribution >= 4 is 11.8 Å². The van der Waals surface area contributed by atoms with E-state index in [0.717, 1.165) is 25.8 Å². The SMILES string of the molecule is CCC1C(=O)N(CCCN(C)C)C(=O)C1C(C)(C)CC. The van der Waals surface area contributed by atoms with Crippen molar-refractivity contribution in [1.82, 2.24) is 9.80 Å². The zero-order valence-corrected chi connectivity index (χ0v) is 13.9. The number of likely N-dealkylation sites (tertiary alicyclic amines) is 1. The van der Waals surface area contributed by atoms with Crippen molar-refractivity contribution in [2.24, 2.45) is 17.3 Å². The molecule has 2 unspecified atom stereocenters. The zero-order valence-electron chi connectivity index (χ0n) is 13.9. The molecule has 0 aromatic carbocycles. The summed E-state index contributed by atoms with van der Waals surface area (Å²) in [5, 5.41) is 0. The van der Waals surface area contributed by atoms with Crippen LogP contribution in [0.3, 0.4) is 0 Å². The maximum absolute atomic E-state index is 12.7. The summed E-state index contributed by atoms with van der Waals surface area (Å²) in [4.78, 5) is 28.7.